The van der Waals surface area contributed by atoms with Crippen LogP contribution in [0, 0.1) is 0 Å². The fourth-order valence-electron chi connectivity index (χ4n) is 3.73. The van der Waals surface area contributed by atoms with Crippen molar-refractivity contribution < 1.29 is 9.84 Å². The lowest BCUT2D eigenvalue weighted by atomic mass is 10.3. The number of H-pyrrole nitrogens is 2. The van der Waals surface area contributed by atoms with Crippen LogP contribution in [0.4, 0.5) is 11.5 Å². The molecule has 3 aromatic heterocycles. The van der Waals surface area contributed by atoms with E-state index < -0.39 is 5.69 Å². The van der Waals surface area contributed by atoms with Crippen LogP contribution < -0.4 is 21.7 Å². The summed E-state index contributed by atoms with van der Waals surface area (Å²) in [4.78, 5) is 28.1. The number of hydrogen-bond acceptors (Lipinski definition) is 8. The zero-order valence-electron chi connectivity index (χ0n) is 18.2. The normalized spacial score (nSPS) is 15.9. The number of aromatic amines is 2. The van der Waals surface area contributed by atoms with E-state index in [1.807, 2.05) is 18.2 Å². The zero-order chi connectivity index (χ0) is 23.5. The first-order chi connectivity index (χ1) is 16.5. The molecule has 0 spiro atoms. The minimum atomic E-state index is -0.504. The third kappa shape index (κ3) is 4.96. The van der Waals surface area contributed by atoms with Crippen LogP contribution in [0.25, 0.3) is 11.7 Å². The second kappa shape index (κ2) is 9.67. The first-order valence-corrected chi connectivity index (χ1v) is 11.2. The van der Waals surface area contributed by atoms with Gasteiger partial charge in [-0.3, -0.25) is 14.9 Å². The number of benzene rings is 1. The third-order valence-corrected chi connectivity index (χ3v) is 5.64. The number of anilines is 2. The van der Waals surface area contributed by atoms with E-state index in [-0.39, 0.29) is 11.6 Å². The molecule has 1 aromatic carbocycles. The fraction of sp³-hybridized carbons (Fsp3) is 0.273. The van der Waals surface area contributed by atoms with E-state index in [1.165, 1.54) is 0 Å². The Hall–Kier alpha value is -3.67. The Morgan fingerprint density at radius 1 is 1.26 bits per heavy atom. The lowest BCUT2D eigenvalue weighted by Crippen LogP contribution is -2.38. The minimum Gasteiger partial charge on any atom is -0.493 e. The van der Waals surface area contributed by atoms with Gasteiger partial charge >= 0.3 is 5.69 Å². The lowest BCUT2D eigenvalue weighted by molar-refractivity contribution is 0.0393. The van der Waals surface area contributed by atoms with E-state index in [9.17, 15) is 9.90 Å². The smallest absolute Gasteiger partial charge is 0.326 e. The molecule has 1 fully saturated rings. The second-order valence-electron chi connectivity index (χ2n) is 7.79. The van der Waals surface area contributed by atoms with Crippen LogP contribution in [-0.4, -0.2) is 74.0 Å². The maximum atomic E-state index is 11.5. The number of ether oxygens (including phenoxy) is 1. The predicted molar refractivity (Wildman–Crippen MR) is 127 cm³/mol. The van der Waals surface area contributed by atoms with Crippen molar-refractivity contribution >= 4 is 34.8 Å². The Balaban J connectivity index is 1.56. The lowest BCUT2D eigenvalue weighted by Gasteiger charge is -2.25. The van der Waals surface area contributed by atoms with Crippen LogP contribution in [0.5, 0.6) is 5.88 Å². The quantitative estimate of drug-likeness (QED) is 0.316. The second-order valence-corrected chi connectivity index (χ2v) is 8.23. The average molecular weight is 483 g/mol. The van der Waals surface area contributed by atoms with Gasteiger partial charge in [-0.05, 0) is 24.3 Å². The van der Waals surface area contributed by atoms with Gasteiger partial charge in [-0.15, -0.1) is 0 Å². The number of morpholine rings is 1. The number of halogens is 1. The maximum Gasteiger partial charge on any atom is 0.326 e. The van der Waals surface area contributed by atoms with Gasteiger partial charge in [-0.2, -0.15) is 9.61 Å². The summed E-state index contributed by atoms with van der Waals surface area (Å²) >= 11 is 6.13. The van der Waals surface area contributed by atoms with E-state index in [2.05, 4.69) is 25.3 Å². The van der Waals surface area contributed by atoms with Gasteiger partial charge in [0.25, 0.3) is 0 Å². The van der Waals surface area contributed by atoms with Crippen LogP contribution >= 0.6 is 11.6 Å². The van der Waals surface area contributed by atoms with Gasteiger partial charge in [0.15, 0.2) is 11.1 Å². The van der Waals surface area contributed by atoms with Crippen molar-refractivity contribution in [3.63, 3.8) is 0 Å². The van der Waals surface area contributed by atoms with Gasteiger partial charge in [-0.1, -0.05) is 17.7 Å². The van der Waals surface area contributed by atoms with Gasteiger partial charge in [0, 0.05) is 41.6 Å². The Bertz CT molecular complexity index is 1490. The zero-order valence-corrected chi connectivity index (χ0v) is 18.9. The summed E-state index contributed by atoms with van der Waals surface area (Å²) < 4.78 is 7.04. The number of hydrogen-bond donors (Lipinski definition) is 4. The van der Waals surface area contributed by atoms with E-state index in [0.717, 1.165) is 38.5 Å². The van der Waals surface area contributed by atoms with Crippen molar-refractivity contribution in [3.05, 3.63) is 68.4 Å². The van der Waals surface area contributed by atoms with Crippen LogP contribution in [0.1, 0.15) is 5.69 Å². The summed E-state index contributed by atoms with van der Waals surface area (Å²) in [6.07, 6.45) is 3.21. The van der Waals surface area contributed by atoms with Crippen molar-refractivity contribution in [3.8, 4) is 5.88 Å². The molecule has 0 radical (unpaired) electrons. The van der Waals surface area contributed by atoms with Crippen LogP contribution in [0.3, 0.4) is 0 Å². The van der Waals surface area contributed by atoms with Crippen LogP contribution in [0.15, 0.2) is 46.3 Å². The molecule has 1 aliphatic rings. The Labute approximate surface area is 198 Å². The summed E-state index contributed by atoms with van der Waals surface area (Å²) in [6, 6.07) is 9.15. The molecule has 34 heavy (non-hydrogen) atoms. The highest BCUT2D eigenvalue weighted by Crippen LogP contribution is 2.18. The molecule has 4 heterocycles. The molecule has 12 heteroatoms. The minimum absolute atomic E-state index is 0.237. The topological polar surface area (TPSA) is 136 Å². The molecule has 1 aliphatic heterocycles. The van der Waals surface area contributed by atoms with Gasteiger partial charge < -0.3 is 20.1 Å². The van der Waals surface area contributed by atoms with Crippen LogP contribution in [0.2, 0.25) is 5.02 Å². The molecule has 0 unspecified atom stereocenters. The molecular formula is C22H23ClN8O3. The molecule has 0 saturated carbocycles. The summed E-state index contributed by atoms with van der Waals surface area (Å²) in [5.41, 5.74) is 1.64. The largest absolute Gasteiger partial charge is 0.493 e. The highest BCUT2D eigenvalue weighted by Gasteiger charge is 2.11. The van der Waals surface area contributed by atoms with E-state index in [0.29, 0.717) is 33.7 Å². The first-order valence-electron chi connectivity index (χ1n) is 10.8. The van der Waals surface area contributed by atoms with Crippen molar-refractivity contribution in [1.82, 2.24) is 29.5 Å². The molecule has 176 valence electrons. The third-order valence-electron chi connectivity index (χ3n) is 5.41. The fourth-order valence-corrected chi connectivity index (χ4v) is 3.93. The molecule has 0 atom stereocenters. The number of aromatic hydroxyl groups is 1. The first kappa shape index (κ1) is 22.1. The maximum absolute atomic E-state index is 11.5. The molecule has 4 N–H and O–H groups in total. The number of aromatic nitrogens is 5. The average Bonchev–Trinajstić information content (AvgIpc) is 3.36. The summed E-state index contributed by atoms with van der Waals surface area (Å²) in [5.74, 6) is 0.301. The van der Waals surface area contributed by atoms with Crippen molar-refractivity contribution in [1.29, 1.82) is 0 Å². The molecule has 1 saturated heterocycles. The Kier molecular flexibility index (Phi) is 6.30. The SMILES string of the molecule is O=c1[nH]c(O)c(/C=c2\cnn3c(=NCCN4CCOCC4)cc(Nc4cccc(Cl)c4)nc23)[nH]1. The van der Waals surface area contributed by atoms with Gasteiger partial charge in [0.1, 0.15) is 11.5 Å². The monoisotopic (exact) mass is 482 g/mol. The Morgan fingerprint density at radius 3 is 2.88 bits per heavy atom. The molecule has 0 bridgehead atoms. The highest BCUT2D eigenvalue weighted by atomic mass is 35.5. The summed E-state index contributed by atoms with van der Waals surface area (Å²) in [7, 11) is 0. The van der Waals surface area contributed by atoms with E-state index in [4.69, 9.17) is 26.3 Å². The van der Waals surface area contributed by atoms with E-state index >= 15 is 0 Å². The van der Waals surface area contributed by atoms with E-state index in [1.54, 1.807) is 28.9 Å². The molecule has 5 rings (SSSR count). The predicted octanol–water partition coefficient (Wildman–Crippen LogP) is 0.629. The molecular weight excluding hydrogens is 460 g/mol. The number of fused-ring (bicyclic) bond motifs is 1. The number of nitrogens with zero attached hydrogens (tertiary/aromatic N) is 5. The molecule has 11 nitrogen and oxygen atoms in total. The summed E-state index contributed by atoms with van der Waals surface area (Å²) in [6.45, 7) is 4.65. The number of nitrogens with one attached hydrogen (secondary N) is 3. The van der Waals surface area contributed by atoms with Gasteiger partial charge in [-0.25, -0.2) is 9.78 Å². The van der Waals surface area contributed by atoms with Crippen molar-refractivity contribution in [2.75, 3.05) is 44.7 Å². The molecule has 0 amide bonds. The number of rotatable bonds is 6. The standard InChI is InChI=1S/C22H23ClN8O3/c23-15-2-1-3-16(11-15)26-18-12-19(24-4-5-30-6-8-34-9-7-30)31-20(28-18)14(13-25-31)10-17-21(32)29-22(33)27-17/h1-3,10-13,26,32H,4-9H2,(H2,27,29,33)/b14-10+,24-19?. The molecule has 4 aromatic rings. The van der Waals surface area contributed by atoms with Crippen LogP contribution in [-0.2, 0) is 4.74 Å². The van der Waals surface area contributed by atoms with Gasteiger partial charge in [0.2, 0.25) is 5.88 Å². The van der Waals surface area contributed by atoms with Crippen molar-refractivity contribution in [2.24, 2.45) is 4.99 Å². The number of imidazole rings is 1. The highest BCUT2D eigenvalue weighted by molar-refractivity contribution is 6.30. The van der Waals surface area contributed by atoms with Gasteiger partial charge in [0.05, 0.1) is 26.0 Å². The summed E-state index contributed by atoms with van der Waals surface area (Å²) in [5, 5.41) is 18.9. The molecule has 0 aliphatic carbocycles. The van der Waals surface area contributed by atoms with Crippen molar-refractivity contribution in [2.45, 2.75) is 0 Å². The Morgan fingerprint density at radius 2 is 2.12 bits per heavy atom.